The summed E-state index contributed by atoms with van der Waals surface area (Å²) in [6, 6.07) is 12.1. The van der Waals surface area contributed by atoms with Crippen LogP contribution in [0.2, 0.25) is 0 Å². The van der Waals surface area contributed by atoms with Gasteiger partial charge in [-0.2, -0.15) is 0 Å². The van der Waals surface area contributed by atoms with Crippen molar-refractivity contribution in [2.75, 3.05) is 20.1 Å². The van der Waals surface area contributed by atoms with Crippen LogP contribution in [0, 0.1) is 6.92 Å². The molecule has 158 valence electrons. The van der Waals surface area contributed by atoms with Gasteiger partial charge in [0, 0.05) is 22.9 Å². The summed E-state index contributed by atoms with van der Waals surface area (Å²) in [4.78, 5) is 17.8. The third kappa shape index (κ3) is 3.85. The monoisotopic (exact) mass is 442 g/mol. The van der Waals surface area contributed by atoms with E-state index < -0.39 is 0 Å². The summed E-state index contributed by atoms with van der Waals surface area (Å²) in [6.07, 6.45) is 0. The van der Waals surface area contributed by atoms with Gasteiger partial charge in [-0.05, 0) is 60.6 Å². The van der Waals surface area contributed by atoms with E-state index in [4.69, 9.17) is 0 Å². The summed E-state index contributed by atoms with van der Waals surface area (Å²) in [5.41, 5.74) is 4.57. The number of halogens is 1. The first-order valence-corrected chi connectivity index (χ1v) is 10.8. The average molecular weight is 443 g/mol. The first-order chi connectivity index (χ1) is 13.9. The first-order valence-electron chi connectivity index (χ1n) is 9.95. The van der Waals surface area contributed by atoms with Crippen LogP contribution in [0.4, 0.5) is 0 Å². The fourth-order valence-corrected chi connectivity index (χ4v) is 4.85. The molecular weight excluding hydrogens is 416 g/mol. The maximum absolute atomic E-state index is 12.5. The molecule has 2 heterocycles. The third-order valence-electron chi connectivity index (χ3n) is 5.78. The van der Waals surface area contributed by atoms with Gasteiger partial charge in [-0.25, -0.2) is 0 Å². The zero-order valence-electron chi connectivity index (χ0n) is 17.7. The van der Waals surface area contributed by atoms with Gasteiger partial charge in [-0.1, -0.05) is 38.1 Å². The molecule has 0 amide bonds. The van der Waals surface area contributed by atoms with Crippen LogP contribution in [0.5, 0.6) is 5.75 Å². The fraction of sp³-hybridized carbons (Fsp3) is 0.292. The number of aryl methyl sites for hydroxylation is 1. The number of aromatic amines is 1. The lowest BCUT2D eigenvalue weighted by Gasteiger charge is -2.20. The van der Waals surface area contributed by atoms with Crippen LogP contribution in [0.1, 0.15) is 30.9 Å². The van der Waals surface area contributed by atoms with Gasteiger partial charge in [-0.3, -0.25) is 4.79 Å². The Kier molecular flexibility index (Phi) is 6.56. The Hall–Kier alpha value is -2.34. The highest BCUT2D eigenvalue weighted by Gasteiger charge is 2.18. The number of fused-ring (bicyclic) bond motifs is 3. The SMILES string of the molecule is CCN(C)CC(C)c1ccc(-c2c(O)cc(C)c3[nH]c(=O)c4sccc4c23)cc1.Cl. The van der Waals surface area contributed by atoms with Gasteiger partial charge < -0.3 is 15.0 Å². The Morgan fingerprint density at radius 3 is 2.57 bits per heavy atom. The molecule has 1 atom stereocenters. The van der Waals surface area contributed by atoms with E-state index in [1.54, 1.807) is 6.07 Å². The molecule has 0 aliphatic carbocycles. The van der Waals surface area contributed by atoms with E-state index in [0.29, 0.717) is 10.6 Å². The van der Waals surface area contributed by atoms with E-state index in [9.17, 15) is 9.90 Å². The van der Waals surface area contributed by atoms with Crippen molar-refractivity contribution in [1.29, 1.82) is 0 Å². The molecule has 0 aliphatic heterocycles. The number of benzene rings is 2. The third-order valence-corrected chi connectivity index (χ3v) is 6.69. The van der Waals surface area contributed by atoms with Crippen molar-refractivity contribution in [1.82, 2.24) is 9.88 Å². The molecule has 0 aliphatic rings. The van der Waals surface area contributed by atoms with Gasteiger partial charge in [0.15, 0.2) is 0 Å². The van der Waals surface area contributed by atoms with Crippen molar-refractivity contribution in [3.8, 4) is 16.9 Å². The second-order valence-electron chi connectivity index (χ2n) is 7.83. The number of rotatable bonds is 5. The molecule has 2 N–H and O–H groups in total. The first kappa shape index (κ1) is 22.3. The quantitative estimate of drug-likeness (QED) is 0.404. The van der Waals surface area contributed by atoms with Crippen molar-refractivity contribution in [2.45, 2.75) is 26.7 Å². The lowest BCUT2D eigenvalue weighted by molar-refractivity contribution is 0.333. The summed E-state index contributed by atoms with van der Waals surface area (Å²) in [7, 11) is 2.13. The smallest absolute Gasteiger partial charge is 0.266 e. The van der Waals surface area contributed by atoms with Gasteiger partial charge in [-0.15, -0.1) is 23.7 Å². The number of hydrogen-bond donors (Lipinski definition) is 2. The maximum Gasteiger partial charge on any atom is 0.266 e. The Morgan fingerprint density at radius 1 is 1.20 bits per heavy atom. The number of hydrogen-bond acceptors (Lipinski definition) is 4. The van der Waals surface area contributed by atoms with Crippen LogP contribution >= 0.6 is 23.7 Å². The van der Waals surface area contributed by atoms with Gasteiger partial charge in [0.1, 0.15) is 10.4 Å². The summed E-state index contributed by atoms with van der Waals surface area (Å²) in [5.74, 6) is 0.665. The van der Waals surface area contributed by atoms with Gasteiger partial charge in [0.25, 0.3) is 5.56 Å². The Balaban J connectivity index is 0.00000256. The Morgan fingerprint density at radius 2 is 1.90 bits per heavy atom. The van der Waals surface area contributed by atoms with Crippen molar-refractivity contribution in [2.24, 2.45) is 0 Å². The Bertz CT molecular complexity index is 1240. The van der Waals surface area contributed by atoms with E-state index >= 15 is 0 Å². The molecule has 0 fully saturated rings. The average Bonchev–Trinajstić information content (AvgIpc) is 3.20. The number of nitrogens with zero attached hydrogens (tertiary/aromatic N) is 1. The summed E-state index contributed by atoms with van der Waals surface area (Å²) >= 11 is 1.43. The van der Waals surface area contributed by atoms with E-state index in [0.717, 1.165) is 46.1 Å². The normalized spacial score (nSPS) is 12.4. The molecular formula is C24H27ClN2O2S. The lowest BCUT2D eigenvalue weighted by atomic mass is 9.93. The molecule has 0 saturated heterocycles. The summed E-state index contributed by atoms with van der Waals surface area (Å²) in [6.45, 7) is 8.34. The number of pyridine rings is 1. The number of phenolic OH excluding ortho intramolecular Hbond substituents is 1. The largest absolute Gasteiger partial charge is 0.507 e. The number of aromatic hydroxyl groups is 1. The number of aromatic nitrogens is 1. The second-order valence-corrected chi connectivity index (χ2v) is 8.75. The summed E-state index contributed by atoms with van der Waals surface area (Å²) in [5, 5.41) is 14.6. The zero-order chi connectivity index (χ0) is 20.7. The van der Waals surface area contributed by atoms with Crippen LogP contribution < -0.4 is 5.56 Å². The maximum atomic E-state index is 12.5. The molecule has 30 heavy (non-hydrogen) atoms. The van der Waals surface area contributed by atoms with Crippen LogP contribution in [-0.4, -0.2) is 35.1 Å². The highest BCUT2D eigenvalue weighted by Crippen LogP contribution is 2.41. The standard InChI is InChI=1S/C24H26N2O2S.ClH/c1-5-26(4)13-15(3)16-6-8-17(9-7-16)20-19(27)12-14(2)22-21(20)18-10-11-29-23(18)24(28)25-22;/h6-12,15,27H,5,13H2,1-4H3,(H,25,28);1H. The summed E-state index contributed by atoms with van der Waals surface area (Å²) < 4.78 is 0.691. The molecule has 0 spiro atoms. The molecule has 2 aromatic carbocycles. The number of thiophene rings is 1. The minimum atomic E-state index is -0.0774. The minimum absolute atomic E-state index is 0. The number of nitrogens with one attached hydrogen (secondary N) is 1. The van der Waals surface area contributed by atoms with Crippen molar-refractivity contribution in [3.63, 3.8) is 0 Å². The van der Waals surface area contributed by atoms with Crippen molar-refractivity contribution in [3.05, 3.63) is 63.3 Å². The van der Waals surface area contributed by atoms with E-state index in [1.165, 1.54) is 16.9 Å². The van der Waals surface area contributed by atoms with Crippen LogP contribution in [0.15, 0.2) is 46.6 Å². The molecule has 4 nitrogen and oxygen atoms in total. The molecule has 0 radical (unpaired) electrons. The van der Waals surface area contributed by atoms with Gasteiger partial charge in [0.2, 0.25) is 0 Å². The highest BCUT2D eigenvalue weighted by atomic mass is 35.5. The topological polar surface area (TPSA) is 56.3 Å². The van der Waals surface area contributed by atoms with Crippen LogP contribution in [0.3, 0.4) is 0 Å². The van der Waals surface area contributed by atoms with Crippen LogP contribution in [0.25, 0.3) is 32.1 Å². The second kappa shape index (κ2) is 8.80. The number of phenols is 1. The van der Waals surface area contributed by atoms with Crippen molar-refractivity contribution < 1.29 is 5.11 Å². The molecule has 6 heteroatoms. The lowest BCUT2D eigenvalue weighted by Crippen LogP contribution is -2.22. The van der Waals surface area contributed by atoms with Gasteiger partial charge in [0.05, 0.1) is 5.52 Å². The van der Waals surface area contributed by atoms with E-state index in [2.05, 4.69) is 55.0 Å². The molecule has 4 aromatic rings. The van der Waals surface area contributed by atoms with E-state index in [-0.39, 0.29) is 23.7 Å². The van der Waals surface area contributed by atoms with Crippen LogP contribution in [-0.2, 0) is 0 Å². The molecule has 0 saturated carbocycles. The molecule has 2 aromatic heterocycles. The van der Waals surface area contributed by atoms with E-state index in [1.807, 2.05) is 18.4 Å². The predicted octanol–water partition coefficient (Wildman–Crippen LogP) is 5.90. The van der Waals surface area contributed by atoms with Crippen molar-refractivity contribution >= 4 is 44.7 Å². The minimum Gasteiger partial charge on any atom is -0.507 e. The van der Waals surface area contributed by atoms with Gasteiger partial charge >= 0.3 is 0 Å². The highest BCUT2D eigenvalue weighted by molar-refractivity contribution is 7.17. The molecule has 1 unspecified atom stereocenters. The number of likely N-dealkylation sites (N-methyl/N-ethyl adjacent to an activating group) is 1. The predicted molar refractivity (Wildman–Crippen MR) is 131 cm³/mol. The zero-order valence-corrected chi connectivity index (χ0v) is 19.3. The fourth-order valence-electron chi connectivity index (χ4n) is 4.05. The number of H-pyrrole nitrogens is 1. The molecule has 0 bridgehead atoms. The Labute approximate surface area is 186 Å². The molecule has 4 rings (SSSR count).